The molecule has 3 nitrogen and oxygen atoms in total. The Morgan fingerprint density at radius 3 is 1.46 bits per heavy atom. The van der Waals surface area contributed by atoms with Crippen molar-refractivity contribution in [3.8, 4) is 11.5 Å². The quantitative estimate of drug-likeness (QED) is 0.278. The van der Waals surface area contributed by atoms with Crippen LogP contribution in [0, 0.1) is 0 Å². The van der Waals surface area contributed by atoms with Gasteiger partial charge in [-0.1, -0.05) is 117 Å². The Kier molecular flexibility index (Phi) is 8.89. The van der Waals surface area contributed by atoms with Crippen LogP contribution in [0.25, 0.3) is 0 Å². The summed E-state index contributed by atoms with van der Waals surface area (Å²) in [5, 5.41) is 0. The van der Waals surface area contributed by atoms with Crippen LogP contribution < -0.4 is 9.05 Å². The molecule has 5 heteroatoms. The van der Waals surface area contributed by atoms with Gasteiger partial charge in [0.05, 0.1) is 0 Å². The lowest BCUT2D eigenvalue weighted by Gasteiger charge is -2.29. The van der Waals surface area contributed by atoms with Gasteiger partial charge in [0, 0.05) is 16.5 Å². The zero-order valence-electron chi connectivity index (χ0n) is 23.7. The molecule has 0 aliphatic carbocycles. The molecule has 2 rings (SSSR count). The number of halogens is 1. The molecule has 0 heterocycles. The van der Waals surface area contributed by atoms with Gasteiger partial charge in [0.15, 0.2) is 0 Å². The lowest BCUT2D eigenvalue weighted by Crippen LogP contribution is -2.18. The normalized spacial score (nSPS) is 14.3. The van der Waals surface area contributed by atoms with E-state index in [0.717, 1.165) is 16.7 Å². The first kappa shape index (κ1) is 29.3. The molecular formula is C30H44FO3P. The van der Waals surface area contributed by atoms with Gasteiger partial charge in [0.1, 0.15) is 11.5 Å². The van der Waals surface area contributed by atoms with Crippen molar-refractivity contribution >= 4 is 8.60 Å². The van der Waals surface area contributed by atoms with E-state index in [4.69, 9.17) is 9.05 Å². The van der Waals surface area contributed by atoms with Gasteiger partial charge in [-0.25, -0.2) is 0 Å². The van der Waals surface area contributed by atoms with Gasteiger partial charge in [-0.15, -0.1) is 0 Å². The minimum absolute atomic E-state index is 0.0134. The van der Waals surface area contributed by atoms with Crippen molar-refractivity contribution in [1.82, 2.24) is 0 Å². The maximum absolute atomic E-state index is 13.8. The van der Waals surface area contributed by atoms with Gasteiger partial charge >= 0.3 is 8.60 Å². The lowest BCUT2D eigenvalue weighted by molar-refractivity contribution is -0.0159. The molecule has 0 radical (unpaired) electrons. The fourth-order valence-electron chi connectivity index (χ4n) is 3.98. The highest BCUT2D eigenvalue weighted by Crippen LogP contribution is 2.48. The first-order valence-electron chi connectivity index (χ1n) is 12.3. The Hall–Kier alpha value is -1.90. The fraction of sp³-hybridized carbons (Fsp3) is 0.533. The minimum Gasteiger partial charge on any atom is -0.416 e. The molecule has 1 atom stereocenters. The zero-order valence-corrected chi connectivity index (χ0v) is 24.6. The molecule has 0 N–H and O–H groups in total. The smallest absolute Gasteiger partial charge is 0.416 e. The molecule has 0 aliphatic heterocycles. The largest absolute Gasteiger partial charge is 0.497 e. The van der Waals surface area contributed by atoms with E-state index in [1.54, 1.807) is 0 Å². The number of allylic oxidation sites excluding steroid dienone is 2. The summed E-state index contributed by atoms with van der Waals surface area (Å²) in [5.41, 5.74) is 3.73. The summed E-state index contributed by atoms with van der Waals surface area (Å²) in [6.45, 7) is 25.6. The molecule has 0 aromatic heterocycles. The van der Waals surface area contributed by atoms with E-state index < -0.39 is 8.60 Å². The van der Waals surface area contributed by atoms with Crippen LogP contribution in [0.4, 0.5) is 4.53 Å². The van der Waals surface area contributed by atoms with Crippen molar-refractivity contribution < 1.29 is 18.3 Å². The second-order valence-corrected chi connectivity index (χ2v) is 13.8. The molecule has 0 amide bonds. The highest BCUT2D eigenvalue weighted by atomic mass is 31.2. The van der Waals surface area contributed by atoms with Gasteiger partial charge in [0.2, 0.25) is 0 Å². The van der Waals surface area contributed by atoms with E-state index in [-0.39, 0.29) is 21.7 Å². The minimum atomic E-state index is -2.30. The third-order valence-electron chi connectivity index (χ3n) is 6.17. The highest BCUT2D eigenvalue weighted by molar-refractivity contribution is 7.42. The van der Waals surface area contributed by atoms with E-state index in [1.807, 2.05) is 31.2 Å². The standard InChI is InChI=1S/C30H44FO3P/c1-13-18-30(11,12)22-15-17-26(24(20-22)29(8,9)10)33-35(34-31)32-25-16-14-21(27(2,3)4)19-23(25)28(5,6)7/h13-20H,1-12H3/b18-13+. The predicted molar refractivity (Wildman–Crippen MR) is 147 cm³/mol. The van der Waals surface area contributed by atoms with Crippen molar-refractivity contribution in [3.63, 3.8) is 0 Å². The van der Waals surface area contributed by atoms with E-state index >= 15 is 0 Å². The molecule has 0 saturated heterocycles. The van der Waals surface area contributed by atoms with Crippen molar-refractivity contribution in [1.29, 1.82) is 0 Å². The molecular weight excluding hydrogens is 458 g/mol. The number of rotatable bonds is 7. The van der Waals surface area contributed by atoms with Crippen molar-refractivity contribution in [2.75, 3.05) is 0 Å². The van der Waals surface area contributed by atoms with Crippen molar-refractivity contribution in [2.24, 2.45) is 0 Å². The summed E-state index contributed by atoms with van der Waals surface area (Å²) >= 11 is 0. The first-order chi connectivity index (χ1) is 15.9. The van der Waals surface area contributed by atoms with Crippen LogP contribution in [-0.2, 0) is 26.4 Å². The van der Waals surface area contributed by atoms with Crippen LogP contribution in [0.1, 0.15) is 105 Å². The molecule has 0 spiro atoms. The predicted octanol–water partition coefficient (Wildman–Crippen LogP) is 10.0. The van der Waals surface area contributed by atoms with Gasteiger partial charge in [-0.3, -0.25) is 0 Å². The average Bonchev–Trinajstić information content (AvgIpc) is 2.71. The number of hydrogen-bond acceptors (Lipinski definition) is 3. The van der Waals surface area contributed by atoms with Crippen LogP contribution in [0.15, 0.2) is 48.6 Å². The maximum Gasteiger partial charge on any atom is 0.497 e. The summed E-state index contributed by atoms with van der Waals surface area (Å²) in [6, 6.07) is 12.1. The first-order valence-corrected chi connectivity index (χ1v) is 13.4. The third kappa shape index (κ3) is 7.54. The summed E-state index contributed by atoms with van der Waals surface area (Å²) in [6.07, 6.45) is 4.23. The maximum atomic E-state index is 13.8. The van der Waals surface area contributed by atoms with Gasteiger partial charge in [0.25, 0.3) is 0 Å². The summed E-state index contributed by atoms with van der Waals surface area (Å²) < 4.78 is 30.1. The van der Waals surface area contributed by atoms with Crippen LogP contribution in [0.2, 0.25) is 0 Å². The van der Waals surface area contributed by atoms with E-state index in [2.05, 4.69) is 105 Å². The SMILES string of the molecule is C/C=C/C(C)(C)c1ccc(OP(OF)Oc2ccc(C(C)(C)C)cc2C(C)(C)C)c(C(C)(C)C)c1. The summed E-state index contributed by atoms with van der Waals surface area (Å²) in [5.74, 6) is 1.13. The Morgan fingerprint density at radius 1 is 0.657 bits per heavy atom. The van der Waals surface area contributed by atoms with E-state index in [0.29, 0.717) is 11.5 Å². The monoisotopic (exact) mass is 502 g/mol. The molecule has 2 aromatic rings. The molecule has 0 bridgehead atoms. The van der Waals surface area contributed by atoms with Gasteiger partial charge in [-0.2, -0.15) is 0 Å². The molecule has 35 heavy (non-hydrogen) atoms. The molecule has 1 unspecified atom stereocenters. The second kappa shape index (κ2) is 10.6. The lowest BCUT2D eigenvalue weighted by atomic mass is 9.79. The molecule has 2 aromatic carbocycles. The van der Waals surface area contributed by atoms with Crippen LogP contribution in [-0.4, -0.2) is 0 Å². The van der Waals surface area contributed by atoms with E-state index in [1.165, 1.54) is 5.56 Å². The third-order valence-corrected chi connectivity index (χ3v) is 6.97. The van der Waals surface area contributed by atoms with Gasteiger partial charge in [-0.05, 0) is 51.0 Å². The summed E-state index contributed by atoms with van der Waals surface area (Å²) in [7, 11) is -2.30. The Morgan fingerprint density at radius 2 is 1.09 bits per heavy atom. The zero-order chi connectivity index (χ0) is 26.8. The Bertz CT molecular complexity index is 1040. The molecule has 0 aliphatic rings. The fourth-order valence-corrected chi connectivity index (χ4v) is 4.71. The Balaban J connectivity index is 2.47. The molecule has 194 valence electrons. The van der Waals surface area contributed by atoms with Crippen LogP contribution in [0.3, 0.4) is 0 Å². The summed E-state index contributed by atoms with van der Waals surface area (Å²) in [4.78, 5) is 0. The Labute approximate surface area is 214 Å². The topological polar surface area (TPSA) is 27.7 Å². The van der Waals surface area contributed by atoms with Crippen LogP contribution >= 0.6 is 8.60 Å². The van der Waals surface area contributed by atoms with Crippen molar-refractivity contribution in [2.45, 2.75) is 105 Å². The van der Waals surface area contributed by atoms with Crippen LogP contribution in [0.5, 0.6) is 11.5 Å². The van der Waals surface area contributed by atoms with E-state index in [9.17, 15) is 4.53 Å². The average molecular weight is 503 g/mol. The second-order valence-electron chi connectivity index (χ2n) is 12.9. The number of benzene rings is 2. The van der Waals surface area contributed by atoms with Crippen molar-refractivity contribution in [3.05, 3.63) is 70.8 Å². The molecule has 0 fully saturated rings. The number of hydrogen-bond donors (Lipinski definition) is 0. The highest BCUT2D eigenvalue weighted by Gasteiger charge is 2.30. The molecule has 0 saturated carbocycles. The van der Waals surface area contributed by atoms with Gasteiger partial charge < -0.3 is 9.05 Å².